The third kappa shape index (κ3) is 3.34. The lowest BCUT2D eigenvalue weighted by Crippen LogP contribution is -2.15. The molecular formula is C14H24S. The highest BCUT2D eigenvalue weighted by atomic mass is 32.1. The maximum Gasteiger partial charge on any atom is 0.0133 e. The molecule has 0 saturated carbocycles. The molecule has 0 aliphatic heterocycles. The minimum atomic E-state index is 0.362. The van der Waals surface area contributed by atoms with E-state index in [-0.39, 0.29) is 0 Å². The van der Waals surface area contributed by atoms with E-state index in [9.17, 15) is 0 Å². The summed E-state index contributed by atoms with van der Waals surface area (Å²) in [4.78, 5) is 1.60. The highest BCUT2D eigenvalue weighted by Crippen LogP contribution is 2.34. The van der Waals surface area contributed by atoms with Gasteiger partial charge in [0.15, 0.2) is 0 Å². The molecule has 0 aromatic carbocycles. The summed E-state index contributed by atoms with van der Waals surface area (Å²) in [6, 6.07) is 2.32. The molecule has 1 rings (SSSR count). The lowest BCUT2D eigenvalue weighted by molar-refractivity contribution is 0.507. The van der Waals surface area contributed by atoms with Gasteiger partial charge in [-0.05, 0) is 47.6 Å². The Bertz CT molecular complexity index is 294. The van der Waals surface area contributed by atoms with Crippen LogP contribution in [0.1, 0.15) is 57.9 Å². The van der Waals surface area contributed by atoms with E-state index >= 15 is 0 Å². The van der Waals surface area contributed by atoms with Crippen LogP contribution in [0.5, 0.6) is 0 Å². The maximum atomic E-state index is 2.36. The van der Waals surface area contributed by atoms with E-state index in [0.29, 0.717) is 5.41 Å². The molecule has 0 N–H and O–H groups in total. The SMILES string of the molecule is CCC(C)(C)c1sccc1CCC(C)C. The zero-order valence-corrected chi connectivity index (χ0v) is 11.6. The van der Waals surface area contributed by atoms with E-state index in [0.717, 1.165) is 5.92 Å². The molecule has 15 heavy (non-hydrogen) atoms. The predicted molar refractivity (Wildman–Crippen MR) is 70.8 cm³/mol. The molecule has 0 amide bonds. The van der Waals surface area contributed by atoms with Crippen LogP contribution in [0.4, 0.5) is 0 Å². The Hall–Kier alpha value is -0.300. The number of rotatable bonds is 5. The summed E-state index contributed by atoms with van der Waals surface area (Å²) in [5.74, 6) is 0.808. The smallest absolute Gasteiger partial charge is 0.0133 e. The van der Waals surface area contributed by atoms with Crippen LogP contribution >= 0.6 is 11.3 Å². The van der Waals surface area contributed by atoms with Gasteiger partial charge < -0.3 is 0 Å². The van der Waals surface area contributed by atoms with Crippen LogP contribution in [0.2, 0.25) is 0 Å². The Kier molecular flexibility index (Phi) is 4.39. The van der Waals surface area contributed by atoms with Crippen LogP contribution in [0, 0.1) is 5.92 Å². The molecule has 0 bridgehead atoms. The number of aryl methyl sites for hydroxylation is 1. The molecule has 0 fully saturated rings. The predicted octanol–water partition coefficient (Wildman–Crippen LogP) is 5.02. The number of hydrogen-bond acceptors (Lipinski definition) is 1. The van der Waals surface area contributed by atoms with Crippen molar-refractivity contribution in [3.05, 3.63) is 21.9 Å². The summed E-state index contributed by atoms with van der Waals surface area (Å²) < 4.78 is 0. The number of thiophene rings is 1. The first kappa shape index (κ1) is 12.8. The normalized spacial score (nSPS) is 12.4. The van der Waals surface area contributed by atoms with Crippen LogP contribution in [0.25, 0.3) is 0 Å². The van der Waals surface area contributed by atoms with Gasteiger partial charge in [-0.25, -0.2) is 0 Å². The number of hydrogen-bond donors (Lipinski definition) is 0. The average Bonchev–Trinajstić information content (AvgIpc) is 2.63. The molecular weight excluding hydrogens is 200 g/mol. The first-order valence-corrected chi connectivity index (χ1v) is 6.92. The molecule has 0 atom stereocenters. The average molecular weight is 224 g/mol. The topological polar surface area (TPSA) is 0 Å². The van der Waals surface area contributed by atoms with Gasteiger partial charge in [0.25, 0.3) is 0 Å². The second kappa shape index (κ2) is 5.16. The summed E-state index contributed by atoms with van der Waals surface area (Å²) in [5, 5.41) is 2.25. The Labute approximate surface area is 98.7 Å². The summed E-state index contributed by atoms with van der Waals surface area (Å²) in [6.45, 7) is 11.6. The van der Waals surface area contributed by atoms with Crippen molar-refractivity contribution in [2.75, 3.05) is 0 Å². The standard InChI is InChI=1S/C14H24S/c1-6-14(4,5)13-12(9-10-15-13)8-7-11(2)3/h9-11H,6-8H2,1-5H3. The molecule has 0 aliphatic carbocycles. The summed E-state index contributed by atoms with van der Waals surface area (Å²) >= 11 is 1.93. The Morgan fingerprint density at radius 2 is 2.00 bits per heavy atom. The van der Waals surface area contributed by atoms with Gasteiger partial charge in [-0.15, -0.1) is 11.3 Å². The molecule has 0 aliphatic rings. The molecule has 1 heterocycles. The van der Waals surface area contributed by atoms with Crippen LogP contribution in [0.15, 0.2) is 11.4 Å². The molecule has 0 radical (unpaired) electrons. The summed E-state index contributed by atoms with van der Waals surface area (Å²) in [5.41, 5.74) is 1.95. The van der Waals surface area contributed by atoms with Gasteiger partial charge >= 0.3 is 0 Å². The fourth-order valence-corrected chi connectivity index (χ4v) is 2.88. The van der Waals surface area contributed by atoms with Crippen LogP contribution in [-0.2, 0) is 11.8 Å². The van der Waals surface area contributed by atoms with Crippen molar-refractivity contribution in [2.24, 2.45) is 5.92 Å². The Morgan fingerprint density at radius 3 is 2.53 bits per heavy atom. The van der Waals surface area contributed by atoms with Gasteiger partial charge in [0.05, 0.1) is 0 Å². The van der Waals surface area contributed by atoms with Crippen LogP contribution in [-0.4, -0.2) is 0 Å². The summed E-state index contributed by atoms with van der Waals surface area (Å²) in [6.07, 6.45) is 3.78. The zero-order valence-electron chi connectivity index (χ0n) is 10.8. The molecule has 0 spiro atoms. The minimum Gasteiger partial charge on any atom is -0.148 e. The van der Waals surface area contributed by atoms with Gasteiger partial charge in [-0.1, -0.05) is 34.6 Å². The van der Waals surface area contributed by atoms with Crippen molar-refractivity contribution in [3.8, 4) is 0 Å². The molecule has 1 aromatic heterocycles. The second-order valence-corrected chi connectivity index (χ2v) is 6.36. The van der Waals surface area contributed by atoms with Gasteiger partial charge in [0.2, 0.25) is 0 Å². The fraction of sp³-hybridized carbons (Fsp3) is 0.714. The lowest BCUT2D eigenvalue weighted by atomic mass is 9.85. The third-order valence-electron chi connectivity index (χ3n) is 3.24. The van der Waals surface area contributed by atoms with Crippen molar-refractivity contribution >= 4 is 11.3 Å². The lowest BCUT2D eigenvalue weighted by Gasteiger charge is -2.23. The third-order valence-corrected chi connectivity index (χ3v) is 4.56. The van der Waals surface area contributed by atoms with Gasteiger partial charge in [0, 0.05) is 4.88 Å². The van der Waals surface area contributed by atoms with E-state index in [2.05, 4.69) is 46.1 Å². The van der Waals surface area contributed by atoms with Gasteiger partial charge in [-0.3, -0.25) is 0 Å². The quantitative estimate of drug-likeness (QED) is 0.658. The minimum absolute atomic E-state index is 0.362. The van der Waals surface area contributed by atoms with Crippen molar-refractivity contribution in [1.82, 2.24) is 0 Å². The van der Waals surface area contributed by atoms with E-state index in [1.54, 1.807) is 10.4 Å². The molecule has 0 saturated heterocycles. The highest BCUT2D eigenvalue weighted by Gasteiger charge is 2.22. The molecule has 0 unspecified atom stereocenters. The van der Waals surface area contributed by atoms with Gasteiger partial charge in [0.1, 0.15) is 0 Å². The zero-order chi connectivity index (χ0) is 11.5. The first-order valence-electron chi connectivity index (χ1n) is 6.04. The van der Waals surface area contributed by atoms with E-state index in [1.807, 2.05) is 11.3 Å². The van der Waals surface area contributed by atoms with Crippen molar-refractivity contribution in [3.63, 3.8) is 0 Å². The first-order chi connectivity index (χ1) is 6.97. The molecule has 0 nitrogen and oxygen atoms in total. The molecule has 1 heteroatoms. The van der Waals surface area contributed by atoms with E-state index in [4.69, 9.17) is 0 Å². The van der Waals surface area contributed by atoms with E-state index < -0.39 is 0 Å². The Morgan fingerprint density at radius 1 is 1.33 bits per heavy atom. The molecule has 86 valence electrons. The van der Waals surface area contributed by atoms with Crippen molar-refractivity contribution in [2.45, 2.75) is 59.3 Å². The van der Waals surface area contributed by atoms with Crippen LogP contribution < -0.4 is 0 Å². The van der Waals surface area contributed by atoms with Crippen LogP contribution in [0.3, 0.4) is 0 Å². The molecule has 1 aromatic rings. The van der Waals surface area contributed by atoms with Crippen molar-refractivity contribution < 1.29 is 0 Å². The van der Waals surface area contributed by atoms with Gasteiger partial charge in [-0.2, -0.15) is 0 Å². The summed E-state index contributed by atoms with van der Waals surface area (Å²) in [7, 11) is 0. The fourth-order valence-electron chi connectivity index (χ4n) is 1.73. The highest BCUT2D eigenvalue weighted by molar-refractivity contribution is 7.10. The Balaban J connectivity index is 2.78. The monoisotopic (exact) mass is 224 g/mol. The van der Waals surface area contributed by atoms with E-state index in [1.165, 1.54) is 19.3 Å². The largest absolute Gasteiger partial charge is 0.148 e. The maximum absolute atomic E-state index is 2.36. The van der Waals surface area contributed by atoms with Crippen molar-refractivity contribution in [1.29, 1.82) is 0 Å². The second-order valence-electron chi connectivity index (χ2n) is 5.44.